The van der Waals surface area contributed by atoms with E-state index < -0.39 is 23.2 Å². The number of aromatic nitrogens is 2. The summed E-state index contributed by atoms with van der Waals surface area (Å²) in [6, 6.07) is 7.55. The Labute approximate surface area is 180 Å². The van der Waals surface area contributed by atoms with Gasteiger partial charge in [0, 0.05) is 31.8 Å². The molecule has 1 aliphatic heterocycles. The van der Waals surface area contributed by atoms with E-state index in [9.17, 15) is 18.8 Å². The van der Waals surface area contributed by atoms with E-state index in [-0.39, 0.29) is 30.4 Å². The topological polar surface area (TPSA) is 96.3 Å². The zero-order valence-electron chi connectivity index (χ0n) is 18.2. The molecule has 1 atom stereocenters. The summed E-state index contributed by atoms with van der Waals surface area (Å²) in [4.78, 5) is 39.6. The maximum Gasteiger partial charge on any atom is 0.272 e. The summed E-state index contributed by atoms with van der Waals surface area (Å²) >= 11 is 0. The van der Waals surface area contributed by atoms with Gasteiger partial charge >= 0.3 is 0 Å². The van der Waals surface area contributed by atoms with Gasteiger partial charge in [0.05, 0.1) is 6.54 Å². The number of nitrogens with zero attached hydrogens (tertiary/aromatic N) is 3. The fourth-order valence-corrected chi connectivity index (χ4v) is 3.41. The molecule has 0 saturated heterocycles. The van der Waals surface area contributed by atoms with Gasteiger partial charge in [0.15, 0.2) is 5.69 Å². The van der Waals surface area contributed by atoms with Crippen molar-refractivity contribution in [3.8, 4) is 0 Å². The van der Waals surface area contributed by atoms with Crippen molar-refractivity contribution in [3.63, 3.8) is 0 Å². The maximum atomic E-state index is 13.8. The van der Waals surface area contributed by atoms with E-state index in [2.05, 4.69) is 29.6 Å². The lowest BCUT2D eigenvalue weighted by Gasteiger charge is -2.40. The van der Waals surface area contributed by atoms with Gasteiger partial charge < -0.3 is 15.5 Å². The number of rotatable bonds is 7. The van der Waals surface area contributed by atoms with Crippen LogP contribution in [0.4, 0.5) is 4.39 Å². The summed E-state index contributed by atoms with van der Waals surface area (Å²) in [5, 5.41) is 9.74. The minimum Gasteiger partial charge on any atom is -0.354 e. The minimum absolute atomic E-state index is 0.00246. The van der Waals surface area contributed by atoms with E-state index in [1.54, 1.807) is 32.2 Å². The second-order valence-electron chi connectivity index (χ2n) is 8.42. The number of carbonyl (C=O) groups is 3. The lowest BCUT2D eigenvalue weighted by molar-refractivity contribution is -0.132. The normalized spacial score (nSPS) is 18.1. The van der Waals surface area contributed by atoms with Gasteiger partial charge in [0.25, 0.3) is 11.8 Å². The van der Waals surface area contributed by atoms with Crippen LogP contribution in [0.25, 0.3) is 0 Å². The summed E-state index contributed by atoms with van der Waals surface area (Å²) in [6.07, 6.45) is 0.832. The van der Waals surface area contributed by atoms with Crippen molar-refractivity contribution in [1.82, 2.24) is 25.3 Å². The quantitative estimate of drug-likeness (QED) is 0.703. The molecule has 1 aromatic carbocycles. The smallest absolute Gasteiger partial charge is 0.272 e. The number of fused-ring (bicyclic) bond motifs is 1. The number of benzene rings is 1. The van der Waals surface area contributed by atoms with Gasteiger partial charge in [0.1, 0.15) is 17.1 Å². The predicted octanol–water partition coefficient (Wildman–Crippen LogP) is 1.96. The molecule has 0 fully saturated rings. The highest BCUT2D eigenvalue weighted by atomic mass is 19.1. The summed E-state index contributed by atoms with van der Waals surface area (Å²) in [5.74, 6) is -1.15. The first-order valence-electron chi connectivity index (χ1n) is 10.3. The second-order valence-corrected chi connectivity index (χ2v) is 8.42. The Hall–Kier alpha value is -3.23. The Morgan fingerprint density at radius 2 is 1.97 bits per heavy atom. The number of likely N-dealkylation sites (N-methyl/N-ethyl adjacent to an activating group) is 1. The summed E-state index contributed by atoms with van der Waals surface area (Å²) in [7, 11) is 1.57. The Morgan fingerprint density at radius 1 is 1.26 bits per heavy atom. The van der Waals surface area contributed by atoms with Gasteiger partial charge in [-0.2, -0.15) is 5.10 Å². The Balaban J connectivity index is 1.74. The van der Waals surface area contributed by atoms with E-state index in [0.717, 1.165) is 6.42 Å². The number of halogens is 1. The van der Waals surface area contributed by atoms with Gasteiger partial charge in [-0.1, -0.05) is 32.0 Å². The van der Waals surface area contributed by atoms with E-state index in [4.69, 9.17) is 0 Å². The Kier molecular flexibility index (Phi) is 6.42. The molecule has 8 nitrogen and oxygen atoms in total. The zero-order chi connectivity index (χ0) is 22.8. The van der Waals surface area contributed by atoms with Crippen molar-refractivity contribution in [2.45, 2.75) is 45.8 Å². The minimum atomic E-state index is -1.13. The molecule has 1 aliphatic rings. The van der Waals surface area contributed by atoms with Gasteiger partial charge in [-0.05, 0) is 25.3 Å². The summed E-state index contributed by atoms with van der Waals surface area (Å²) < 4.78 is 15.1. The molecule has 1 aromatic heterocycles. The highest BCUT2D eigenvalue weighted by Gasteiger charge is 2.46. The molecule has 0 radical (unpaired) electrons. The van der Waals surface area contributed by atoms with Crippen LogP contribution in [0.2, 0.25) is 0 Å². The number of nitrogens with one attached hydrogen (secondary N) is 2. The van der Waals surface area contributed by atoms with Crippen LogP contribution >= 0.6 is 0 Å². The highest BCUT2D eigenvalue weighted by Crippen LogP contribution is 2.26. The molecule has 3 rings (SSSR count). The lowest BCUT2D eigenvalue weighted by atomic mass is 9.95. The third-order valence-electron chi connectivity index (χ3n) is 5.63. The van der Waals surface area contributed by atoms with Crippen LogP contribution in [0.15, 0.2) is 30.3 Å². The van der Waals surface area contributed by atoms with E-state index >= 15 is 0 Å². The first kappa shape index (κ1) is 22.5. The highest BCUT2D eigenvalue weighted by molar-refractivity contribution is 6.01. The molecule has 31 heavy (non-hydrogen) atoms. The molecule has 0 saturated carbocycles. The molecule has 0 spiro atoms. The molecule has 3 amide bonds. The first-order chi connectivity index (χ1) is 14.6. The molecular weight excluding hydrogens is 401 g/mol. The van der Waals surface area contributed by atoms with Crippen molar-refractivity contribution < 1.29 is 18.8 Å². The summed E-state index contributed by atoms with van der Waals surface area (Å²) in [6.45, 7) is 6.45. The zero-order valence-corrected chi connectivity index (χ0v) is 18.2. The molecule has 0 bridgehead atoms. The molecule has 2 N–H and O–H groups in total. The molecular formula is C22H28FN5O3. The maximum absolute atomic E-state index is 13.8. The van der Waals surface area contributed by atoms with Crippen LogP contribution < -0.4 is 10.6 Å². The van der Waals surface area contributed by atoms with E-state index in [0.29, 0.717) is 18.0 Å². The average molecular weight is 429 g/mol. The van der Waals surface area contributed by atoms with Crippen molar-refractivity contribution in [2.24, 2.45) is 5.92 Å². The Morgan fingerprint density at radius 3 is 2.65 bits per heavy atom. The molecule has 2 aromatic rings. The number of hydrogen-bond donors (Lipinski definition) is 2. The standard InChI is InChI=1S/C22H28FN5O3/c1-14(2)9-10-24-21(31)22(3)13-28-18(20(30)27(22)4)11-17(26-28)19(29)25-12-15-7-5-6-8-16(15)23/h5-8,11,14H,9-10,12-13H2,1-4H3,(H,24,31)(H,25,29)/t22-/m1/s1. The van der Waals surface area contributed by atoms with Gasteiger partial charge in [0.2, 0.25) is 5.91 Å². The van der Waals surface area contributed by atoms with Crippen LogP contribution in [-0.2, 0) is 17.9 Å². The van der Waals surface area contributed by atoms with Crippen LogP contribution in [0, 0.1) is 11.7 Å². The predicted molar refractivity (Wildman–Crippen MR) is 113 cm³/mol. The van der Waals surface area contributed by atoms with E-state index in [1.165, 1.54) is 21.7 Å². The fraction of sp³-hybridized carbons (Fsp3) is 0.455. The van der Waals surface area contributed by atoms with Crippen molar-refractivity contribution in [1.29, 1.82) is 0 Å². The molecule has 166 valence electrons. The summed E-state index contributed by atoms with van der Waals surface area (Å²) in [5.41, 5.74) is -0.515. The van der Waals surface area contributed by atoms with Crippen molar-refractivity contribution >= 4 is 17.7 Å². The molecule has 0 aliphatic carbocycles. The van der Waals surface area contributed by atoms with Crippen LogP contribution in [0.1, 0.15) is 53.7 Å². The van der Waals surface area contributed by atoms with E-state index in [1.807, 2.05) is 0 Å². The van der Waals surface area contributed by atoms with Gasteiger partial charge in [-0.25, -0.2) is 4.39 Å². The van der Waals surface area contributed by atoms with Crippen LogP contribution in [0.3, 0.4) is 0 Å². The number of hydrogen-bond acceptors (Lipinski definition) is 4. The largest absolute Gasteiger partial charge is 0.354 e. The molecule has 2 heterocycles. The number of carbonyl (C=O) groups excluding carboxylic acids is 3. The third-order valence-corrected chi connectivity index (χ3v) is 5.63. The molecule has 9 heteroatoms. The first-order valence-corrected chi connectivity index (χ1v) is 10.3. The van der Waals surface area contributed by atoms with Gasteiger partial charge in [-0.3, -0.25) is 19.1 Å². The van der Waals surface area contributed by atoms with Gasteiger partial charge in [-0.15, -0.1) is 0 Å². The van der Waals surface area contributed by atoms with Crippen LogP contribution in [0.5, 0.6) is 0 Å². The number of amides is 3. The second kappa shape index (κ2) is 8.87. The Bertz CT molecular complexity index is 1000. The lowest BCUT2D eigenvalue weighted by Crippen LogP contribution is -2.62. The monoisotopic (exact) mass is 429 g/mol. The fourth-order valence-electron chi connectivity index (χ4n) is 3.41. The van der Waals surface area contributed by atoms with Crippen molar-refractivity contribution in [3.05, 3.63) is 53.1 Å². The third kappa shape index (κ3) is 4.60. The van der Waals surface area contributed by atoms with Crippen molar-refractivity contribution in [2.75, 3.05) is 13.6 Å². The molecule has 0 unspecified atom stereocenters. The SMILES string of the molecule is CC(C)CCNC(=O)[C@@]1(C)Cn2nc(C(=O)NCc3ccccc3F)cc2C(=O)N1C. The average Bonchev–Trinajstić information content (AvgIpc) is 3.15. The van der Waals surface area contributed by atoms with Crippen LogP contribution in [-0.4, -0.2) is 51.5 Å².